The molecule has 0 spiro atoms. The van der Waals surface area contributed by atoms with Gasteiger partial charge in [-0.05, 0) is 29.4 Å². The van der Waals surface area contributed by atoms with Crippen LogP contribution in [0.2, 0.25) is 0 Å². The van der Waals surface area contributed by atoms with Crippen LogP contribution in [0.5, 0.6) is 11.5 Å². The highest BCUT2D eigenvalue weighted by Gasteiger charge is 2.04. The van der Waals surface area contributed by atoms with Crippen molar-refractivity contribution >= 4 is 14.5 Å². The summed E-state index contributed by atoms with van der Waals surface area (Å²) in [5.41, 5.74) is 11.2. The molecule has 0 saturated carbocycles. The Hall–Kier alpha value is -2.95. The van der Waals surface area contributed by atoms with E-state index in [0.717, 1.165) is 34.2 Å². The van der Waals surface area contributed by atoms with Crippen molar-refractivity contribution in [2.24, 2.45) is 5.73 Å². The first-order chi connectivity index (χ1) is 15.7. The highest BCUT2D eigenvalue weighted by Crippen LogP contribution is 2.27. The summed E-state index contributed by atoms with van der Waals surface area (Å²) in [5, 5.41) is 19.4. The van der Waals surface area contributed by atoms with Gasteiger partial charge in [-0.3, -0.25) is 0 Å². The third-order valence-corrected chi connectivity index (χ3v) is 4.89. The molecule has 5 nitrogen and oxygen atoms in total. The SMILES string of the molecule is NCCNOc1ccccc1C/C=C\C=C/CO.Oc1ccccc1-c1ccccc1P. The Morgan fingerprint density at radius 3 is 2.25 bits per heavy atom. The number of aromatic hydroxyl groups is 1. The van der Waals surface area contributed by atoms with Gasteiger partial charge in [-0.25, -0.2) is 0 Å². The normalized spacial score (nSPS) is 10.8. The molecule has 0 aliphatic heterocycles. The molecule has 0 aliphatic carbocycles. The largest absolute Gasteiger partial charge is 0.507 e. The van der Waals surface area contributed by atoms with Crippen LogP contribution in [0.3, 0.4) is 0 Å². The smallest absolute Gasteiger partial charge is 0.150 e. The minimum absolute atomic E-state index is 0.0625. The maximum atomic E-state index is 9.68. The van der Waals surface area contributed by atoms with Gasteiger partial charge in [-0.1, -0.05) is 85.0 Å². The first-order valence-electron chi connectivity index (χ1n) is 10.4. The van der Waals surface area contributed by atoms with E-state index in [9.17, 15) is 5.11 Å². The van der Waals surface area contributed by atoms with Gasteiger partial charge in [0.05, 0.1) is 6.61 Å². The molecule has 0 amide bonds. The Morgan fingerprint density at radius 1 is 0.875 bits per heavy atom. The lowest BCUT2D eigenvalue weighted by atomic mass is 10.0. The van der Waals surface area contributed by atoms with Crippen molar-refractivity contribution in [1.29, 1.82) is 0 Å². The van der Waals surface area contributed by atoms with Crippen molar-refractivity contribution < 1.29 is 15.1 Å². The van der Waals surface area contributed by atoms with E-state index in [2.05, 4.69) is 14.7 Å². The van der Waals surface area contributed by atoms with Gasteiger partial charge in [-0.15, -0.1) is 9.24 Å². The number of phenols is 1. The minimum atomic E-state index is 0.0625. The van der Waals surface area contributed by atoms with Crippen molar-refractivity contribution in [3.63, 3.8) is 0 Å². The highest BCUT2D eigenvalue weighted by molar-refractivity contribution is 7.28. The molecule has 6 heteroatoms. The van der Waals surface area contributed by atoms with Crippen LogP contribution in [0.1, 0.15) is 5.56 Å². The van der Waals surface area contributed by atoms with E-state index in [1.54, 1.807) is 12.1 Å². The van der Waals surface area contributed by atoms with Crippen molar-refractivity contribution in [3.8, 4) is 22.6 Å². The number of hydrogen-bond donors (Lipinski definition) is 4. The van der Waals surface area contributed by atoms with Crippen molar-refractivity contribution in [2.75, 3.05) is 19.7 Å². The predicted molar refractivity (Wildman–Crippen MR) is 136 cm³/mol. The molecule has 0 radical (unpaired) electrons. The van der Waals surface area contributed by atoms with E-state index in [0.29, 0.717) is 18.8 Å². The Balaban J connectivity index is 0.000000233. The second-order valence-corrected chi connectivity index (χ2v) is 7.36. The van der Waals surface area contributed by atoms with Crippen molar-refractivity contribution in [3.05, 3.63) is 103 Å². The number of allylic oxidation sites excluding steroid dienone is 3. The fourth-order valence-electron chi connectivity index (χ4n) is 2.82. The molecule has 0 aromatic heterocycles. The lowest BCUT2D eigenvalue weighted by Crippen LogP contribution is -2.26. The third kappa shape index (κ3) is 8.66. The maximum Gasteiger partial charge on any atom is 0.150 e. The van der Waals surface area contributed by atoms with Crippen molar-refractivity contribution in [1.82, 2.24) is 5.48 Å². The summed E-state index contributed by atoms with van der Waals surface area (Å²) in [6.45, 7) is 1.21. The lowest BCUT2D eigenvalue weighted by Gasteiger charge is -2.09. The Bertz CT molecular complexity index is 962. The number of nitrogens with one attached hydrogen (secondary N) is 1. The summed E-state index contributed by atoms with van der Waals surface area (Å²) in [7, 11) is 2.67. The summed E-state index contributed by atoms with van der Waals surface area (Å²) < 4.78 is 0. The van der Waals surface area contributed by atoms with Crippen LogP contribution in [-0.4, -0.2) is 29.9 Å². The summed E-state index contributed by atoms with van der Waals surface area (Å²) in [4.78, 5) is 5.43. The Labute approximate surface area is 192 Å². The van der Waals surface area contributed by atoms with Crippen LogP contribution in [0.25, 0.3) is 11.1 Å². The lowest BCUT2D eigenvalue weighted by molar-refractivity contribution is 0.197. The second-order valence-electron chi connectivity index (χ2n) is 6.74. The van der Waals surface area contributed by atoms with Crippen LogP contribution in [0, 0.1) is 0 Å². The molecular formula is C26H31N2O3P. The molecular weight excluding hydrogens is 419 g/mol. The molecule has 5 N–H and O–H groups in total. The van der Waals surface area contributed by atoms with Crippen LogP contribution < -0.4 is 21.4 Å². The van der Waals surface area contributed by atoms with E-state index in [1.807, 2.05) is 85.0 Å². The number of rotatable bonds is 9. The molecule has 32 heavy (non-hydrogen) atoms. The van der Waals surface area contributed by atoms with Gasteiger partial charge >= 0.3 is 0 Å². The van der Waals surface area contributed by atoms with E-state index >= 15 is 0 Å². The molecule has 168 valence electrons. The van der Waals surface area contributed by atoms with Gasteiger partial charge in [0, 0.05) is 24.2 Å². The van der Waals surface area contributed by atoms with E-state index < -0.39 is 0 Å². The van der Waals surface area contributed by atoms with Crippen LogP contribution >= 0.6 is 9.24 Å². The number of hydrogen-bond acceptors (Lipinski definition) is 5. The van der Waals surface area contributed by atoms with Gasteiger partial charge in [0.25, 0.3) is 0 Å². The average molecular weight is 451 g/mol. The molecule has 0 aliphatic rings. The van der Waals surface area contributed by atoms with E-state index in [4.69, 9.17) is 15.7 Å². The van der Waals surface area contributed by atoms with Crippen LogP contribution in [0.15, 0.2) is 97.1 Å². The number of phenolic OH excluding ortho intramolecular Hbond substituents is 1. The third-order valence-electron chi connectivity index (χ3n) is 4.38. The molecule has 3 aromatic rings. The number of para-hydroxylation sites is 2. The summed E-state index contributed by atoms with van der Waals surface area (Å²) in [6, 6.07) is 23.1. The van der Waals surface area contributed by atoms with Gasteiger partial charge in [-0.2, -0.15) is 5.48 Å². The highest BCUT2D eigenvalue weighted by atomic mass is 31.0. The zero-order valence-corrected chi connectivity index (χ0v) is 19.2. The molecule has 1 atom stereocenters. The Morgan fingerprint density at radius 2 is 1.53 bits per heavy atom. The number of benzene rings is 3. The zero-order chi connectivity index (χ0) is 23.0. The second kappa shape index (κ2) is 15.0. The summed E-state index contributed by atoms with van der Waals surface area (Å²) >= 11 is 0. The molecule has 1 unspecified atom stereocenters. The molecule has 0 fully saturated rings. The fraction of sp³-hybridized carbons (Fsp3) is 0.154. The average Bonchev–Trinajstić information content (AvgIpc) is 2.81. The molecule has 0 heterocycles. The Kier molecular flexibility index (Phi) is 11.8. The molecule has 0 saturated heterocycles. The van der Waals surface area contributed by atoms with Gasteiger partial charge in [0.15, 0.2) is 5.75 Å². The zero-order valence-electron chi connectivity index (χ0n) is 18.0. The number of aliphatic hydroxyl groups excluding tert-OH is 1. The maximum absolute atomic E-state index is 9.68. The van der Waals surface area contributed by atoms with Gasteiger partial charge in [0.2, 0.25) is 0 Å². The monoisotopic (exact) mass is 450 g/mol. The summed E-state index contributed by atoms with van der Waals surface area (Å²) in [5.74, 6) is 1.13. The number of aliphatic hydroxyl groups is 1. The van der Waals surface area contributed by atoms with E-state index in [-0.39, 0.29) is 6.61 Å². The number of hydroxylamine groups is 1. The molecule has 3 rings (SSSR count). The minimum Gasteiger partial charge on any atom is -0.507 e. The van der Waals surface area contributed by atoms with Gasteiger partial charge in [0.1, 0.15) is 5.75 Å². The molecule has 0 bridgehead atoms. The quantitative estimate of drug-likeness (QED) is 0.173. The topological polar surface area (TPSA) is 87.7 Å². The molecule has 3 aromatic carbocycles. The van der Waals surface area contributed by atoms with Crippen LogP contribution in [0.4, 0.5) is 0 Å². The predicted octanol–water partition coefficient (Wildman–Crippen LogP) is 3.74. The van der Waals surface area contributed by atoms with Gasteiger partial charge < -0.3 is 20.8 Å². The van der Waals surface area contributed by atoms with E-state index in [1.165, 1.54) is 0 Å². The standard InChI is InChI=1S/C14H20N2O2.C12H11OP/c15-10-11-16-18-14-9-5-4-8-13(14)7-3-1-2-6-12-17;13-11-7-3-1-5-9(11)10-6-2-4-8-12(10)14/h1-6,8-9,16-17H,7,10-12,15H2;1-8,13H,14H2/b3-1-,6-2-;. The van der Waals surface area contributed by atoms with Crippen molar-refractivity contribution in [2.45, 2.75) is 6.42 Å². The number of nitrogens with two attached hydrogens (primary N) is 1. The van der Waals surface area contributed by atoms with Crippen LogP contribution in [-0.2, 0) is 6.42 Å². The first-order valence-corrected chi connectivity index (χ1v) is 11.0. The first kappa shape index (κ1) is 25.3. The summed E-state index contributed by atoms with van der Waals surface area (Å²) in [6.07, 6.45) is 8.19. The fourth-order valence-corrected chi connectivity index (χ4v) is 3.18.